The van der Waals surface area contributed by atoms with Crippen LogP contribution >= 0.6 is 0 Å². The minimum Gasteiger partial charge on any atom is -0.423 e. The van der Waals surface area contributed by atoms with E-state index in [2.05, 4.69) is 29.4 Å². The first-order valence-electron chi connectivity index (χ1n) is 5.79. The molecule has 15 heavy (non-hydrogen) atoms. The monoisotopic (exact) mass is 209 g/mol. The van der Waals surface area contributed by atoms with Crippen molar-refractivity contribution in [3.05, 3.63) is 11.8 Å². The molecule has 1 N–H and O–H groups in total. The summed E-state index contributed by atoms with van der Waals surface area (Å²) in [5.41, 5.74) is 0. The highest BCUT2D eigenvalue weighted by Crippen LogP contribution is 2.41. The van der Waals surface area contributed by atoms with E-state index in [0.29, 0.717) is 11.8 Å². The Morgan fingerprint density at radius 1 is 1.33 bits per heavy atom. The molecule has 2 rings (SSSR count). The van der Waals surface area contributed by atoms with E-state index in [0.717, 1.165) is 18.4 Å². The maximum atomic E-state index is 5.68. The molecule has 1 aromatic heterocycles. The number of hydrogen-bond donors (Lipinski definition) is 1. The Morgan fingerprint density at radius 2 is 2.00 bits per heavy atom. The lowest BCUT2D eigenvalue weighted by Gasteiger charge is -2.06. The van der Waals surface area contributed by atoms with Crippen molar-refractivity contribution in [2.24, 2.45) is 5.92 Å². The minimum atomic E-state index is 0.155. The van der Waals surface area contributed by atoms with Gasteiger partial charge in [0, 0.05) is 5.92 Å². The molecule has 4 heteroatoms. The number of hydrogen-bond acceptors (Lipinski definition) is 4. The molecule has 2 atom stereocenters. The zero-order valence-corrected chi connectivity index (χ0v) is 9.66. The van der Waals surface area contributed by atoms with Crippen molar-refractivity contribution >= 4 is 0 Å². The van der Waals surface area contributed by atoms with E-state index >= 15 is 0 Å². The van der Waals surface area contributed by atoms with Gasteiger partial charge in [0.2, 0.25) is 11.8 Å². The van der Waals surface area contributed by atoms with Crippen molar-refractivity contribution in [1.82, 2.24) is 15.5 Å². The van der Waals surface area contributed by atoms with Gasteiger partial charge in [-0.2, -0.15) is 0 Å². The van der Waals surface area contributed by atoms with E-state index in [1.54, 1.807) is 0 Å². The largest absolute Gasteiger partial charge is 0.423 e. The fraction of sp³-hybridized carbons (Fsp3) is 0.818. The maximum Gasteiger partial charge on any atom is 0.233 e. The van der Waals surface area contributed by atoms with Crippen LogP contribution in [0.25, 0.3) is 0 Å². The third-order valence-electron chi connectivity index (χ3n) is 3.06. The molecule has 4 nitrogen and oxygen atoms in total. The van der Waals surface area contributed by atoms with E-state index < -0.39 is 0 Å². The maximum absolute atomic E-state index is 5.68. The third kappa shape index (κ3) is 2.37. The molecule has 1 aromatic rings. The fourth-order valence-electron chi connectivity index (χ4n) is 1.80. The lowest BCUT2D eigenvalue weighted by Crippen LogP contribution is -2.17. The van der Waals surface area contributed by atoms with Crippen LogP contribution in [0.5, 0.6) is 0 Å². The van der Waals surface area contributed by atoms with Crippen LogP contribution in [0.2, 0.25) is 0 Å². The molecule has 0 spiro atoms. The molecule has 1 aliphatic carbocycles. The van der Waals surface area contributed by atoms with Crippen molar-refractivity contribution in [3.8, 4) is 0 Å². The second kappa shape index (κ2) is 4.31. The number of nitrogens with zero attached hydrogens (tertiary/aromatic N) is 2. The Hall–Kier alpha value is -0.900. The van der Waals surface area contributed by atoms with Crippen LogP contribution < -0.4 is 5.32 Å². The van der Waals surface area contributed by atoms with Crippen LogP contribution in [0, 0.1) is 5.92 Å². The van der Waals surface area contributed by atoms with Gasteiger partial charge in [0.1, 0.15) is 0 Å². The molecule has 84 valence electrons. The molecular formula is C11H19N3O. The van der Waals surface area contributed by atoms with Gasteiger partial charge in [-0.3, -0.25) is 0 Å². The van der Waals surface area contributed by atoms with Crippen LogP contribution in [0.4, 0.5) is 0 Å². The standard InChI is InChI=1S/C11H19N3O/c1-4-12-8(3)11-14-13-10(15-11)7(2)9-5-6-9/h7-9,12H,4-6H2,1-3H3. The van der Waals surface area contributed by atoms with Crippen LogP contribution in [-0.2, 0) is 0 Å². The summed E-state index contributed by atoms with van der Waals surface area (Å²) in [5, 5.41) is 11.5. The summed E-state index contributed by atoms with van der Waals surface area (Å²) in [6.07, 6.45) is 2.61. The molecule has 2 unspecified atom stereocenters. The second-order valence-electron chi connectivity index (χ2n) is 4.38. The Balaban J connectivity index is 2.02. The Bertz CT molecular complexity index is 319. The van der Waals surface area contributed by atoms with Gasteiger partial charge in [-0.25, -0.2) is 0 Å². The van der Waals surface area contributed by atoms with Crippen molar-refractivity contribution in [2.45, 2.75) is 45.6 Å². The van der Waals surface area contributed by atoms with Gasteiger partial charge in [0.05, 0.1) is 6.04 Å². The molecule has 1 aliphatic rings. The van der Waals surface area contributed by atoms with Crippen molar-refractivity contribution in [1.29, 1.82) is 0 Å². The Labute approximate surface area is 90.5 Å². The highest BCUT2D eigenvalue weighted by atomic mass is 16.4. The van der Waals surface area contributed by atoms with E-state index in [1.165, 1.54) is 12.8 Å². The van der Waals surface area contributed by atoms with Crippen molar-refractivity contribution in [3.63, 3.8) is 0 Å². The van der Waals surface area contributed by atoms with Crippen LogP contribution in [0.15, 0.2) is 4.42 Å². The summed E-state index contributed by atoms with van der Waals surface area (Å²) in [6.45, 7) is 7.20. The van der Waals surface area contributed by atoms with Gasteiger partial charge in [0.15, 0.2) is 0 Å². The summed E-state index contributed by atoms with van der Waals surface area (Å²) < 4.78 is 5.68. The third-order valence-corrected chi connectivity index (χ3v) is 3.06. The van der Waals surface area contributed by atoms with Crippen LogP contribution in [-0.4, -0.2) is 16.7 Å². The van der Waals surface area contributed by atoms with E-state index in [-0.39, 0.29) is 6.04 Å². The predicted molar refractivity (Wildman–Crippen MR) is 57.5 cm³/mol. The first kappa shape index (κ1) is 10.6. The highest BCUT2D eigenvalue weighted by Gasteiger charge is 2.32. The van der Waals surface area contributed by atoms with Gasteiger partial charge >= 0.3 is 0 Å². The van der Waals surface area contributed by atoms with E-state index in [9.17, 15) is 0 Å². The molecule has 0 amide bonds. The normalized spacial score (nSPS) is 20.2. The van der Waals surface area contributed by atoms with Crippen LogP contribution in [0.1, 0.15) is 57.4 Å². The number of aromatic nitrogens is 2. The predicted octanol–water partition coefficient (Wildman–Crippen LogP) is 2.25. The quantitative estimate of drug-likeness (QED) is 0.808. The Morgan fingerprint density at radius 3 is 2.60 bits per heavy atom. The molecule has 1 fully saturated rings. The summed E-state index contributed by atoms with van der Waals surface area (Å²) in [6, 6.07) is 0.155. The zero-order valence-electron chi connectivity index (χ0n) is 9.66. The Kier molecular flexibility index (Phi) is 3.05. The van der Waals surface area contributed by atoms with Gasteiger partial charge in [-0.05, 0) is 32.2 Å². The average molecular weight is 209 g/mol. The molecule has 1 heterocycles. The number of nitrogens with one attached hydrogen (secondary N) is 1. The van der Waals surface area contributed by atoms with Gasteiger partial charge in [-0.15, -0.1) is 10.2 Å². The average Bonchev–Trinajstić information content (AvgIpc) is 2.95. The van der Waals surface area contributed by atoms with Crippen molar-refractivity contribution < 1.29 is 4.42 Å². The topological polar surface area (TPSA) is 51.0 Å². The number of rotatable bonds is 5. The van der Waals surface area contributed by atoms with E-state index in [4.69, 9.17) is 4.42 Å². The summed E-state index contributed by atoms with van der Waals surface area (Å²) >= 11 is 0. The smallest absolute Gasteiger partial charge is 0.233 e. The van der Waals surface area contributed by atoms with Crippen LogP contribution in [0.3, 0.4) is 0 Å². The summed E-state index contributed by atoms with van der Waals surface area (Å²) in [5.74, 6) is 2.71. The minimum absolute atomic E-state index is 0.155. The summed E-state index contributed by atoms with van der Waals surface area (Å²) in [7, 11) is 0. The molecule has 1 saturated carbocycles. The molecule has 0 bridgehead atoms. The zero-order chi connectivity index (χ0) is 10.8. The SMILES string of the molecule is CCNC(C)c1nnc(C(C)C2CC2)o1. The van der Waals surface area contributed by atoms with E-state index in [1.807, 2.05) is 6.92 Å². The lowest BCUT2D eigenvalue weighted by atomic mass is 10.1. The van der Waals surface area contributed by atoms with Crippen molar-refractivity contribution in [2.75, 3.05) is 6.54 Å². The molecular weight excluding hydrogens is 190 g/mol. The fourth-order valence-corrected chi connectivity index (χ4v) is 1.80. The second-order valence-corrected chi connectivity index (χ2v) is 4.38. The molecule has 0 saturated heterocycles. The molecule has 0 aliphatic heterocycles. The first-order chi connectivity index (χ1) is 7.22. The first-order valence-corrected chi connectivity index (χ1v) is 5.79. The van der Waals surface area contributed by atoms with Gasteiger partial charge < -0.3 is 9.73 Å². The lowest BCUT2D eigenvalue weighted by molar-refractivity contribution is 0.372. The summed E-state index contributed by atoms with van der Waals surface area (Å²) in [4.78, 5) is 0. The molecule has 0 radical (unpaired) electrons. The van der Waals surface area contributed by atoms with Gasteiger partial charge in [-0.1, -0.05) is 13.8 Å². The van der Waals surface area contributed by atoms with Gasteiger partial charge in [0.25, 0.3) is 0 Å². The highest BCUT2D eigenvalue weighted by molar-refractivity contribution is 4.98. The molecule has 0 aromatic carbocycles.